The first-order valence-electron chi connectivity index (χ1n) is 6.00. The van der Waals surface area contributed by atoms with Crippen LogP contribution in [-0.4, -0.2) is 11.2 Å². The Labute approximate surface area is 92.1 Å². The monoisotopic (exact) mass is 204 g/mol. The lowest BCUT2D eigenvalue weighted by atomic mass is 9.92. The van der Waals surface area contributed by atoms with E-state index in [4.69, 9.17) is 0 Å². The third-order valence-corrected chi connectivity index (χ3v) is 3.47. The first-order valence-corrected chi connectivity index (χ1v) is 6.00. The highest BCUT2D eigenvalue weighted by molar-refractivity contribution is 5.19. The SMILES string of the molecule is CC(c1ccccc1)C(O)CCC1CC1. The van der Waals surface area contributed by atoms with Crippen molar-refractivity contribution < 1.29 is 5.11 Å². The van der Waals surface area contributed by atoms with Crippen LogP contribution in [0.25, 0.3) is 0 Å². The van der Waals surface area contributed by atoms with Crippen LogP contribution in [0.5, 0.6) is 0 Å². The Bertz CT molecular complexity index is 289. The topological polar surface area (TPSA) is 20.2 Å². The number of benzene rings is 1. The zero-order valence-electron chi connectivity index (χ0n) is 9.39. The smallest absolute Gasteiger partial charge is 0.0606 e. The molecule has 15 heavy (non-hydrogen) atoms. The van der Waals surface area contributed by atoms with Gasteiger partial charge < -0.3 is 5.11 Å². The van der Waals surface area contributed by atoms with Crippen LogP contribution in [0.15, 0.2) is 30.3 Å². The van der Waals surface area contributed by atoms with Gasteiger partial charge in [0.25, 0.3) is 0 Å². The van der Waals surface area contributed by atoms with E-state index in [0.29, 0.717) is 0 Å². The fourth-order valence-electron chi connectivity index (χ4n) is 2.04. The van der Waals surface area contributed by atoms with Gasteiger partial charge >= 0.3 is 0 Å². The van der Waals surface area contributed by atoms with Crippen LogP contribution in [0.4, 0.5) is 0 Å². The van der Waals surface area contributed by atoms with Gasteiger partial charge in [-0.25, -0.2) is 0 Å². The molecule has 2 atom stereocenters. The molecular weight excluding hydrogens is 184 g/mol. The molecule has 1 fully saturated rings. The van der Waals surface area contributed by atoms with E-state index >= 15 is 0 Å². The van der Waals surface area contributed by atoms with Crippen molar-refractivity contribution in [3.8, 4) is 0 Å². The minimum atomic E-state index is -0.173. The van der Waals surface area contributed by atoms with Crippen molar-refractivity contribution in [1.82, 2.24) is 0 Å². The fourth-order valence-corrected chi connectivity index (χ4v) is 2.04. The van der Waals surface area contributed by atoms with Crippen LogP contribution >= 0.6 is 0 Å². The van der Waals surface area contributed by atoms with Gasteiger partial charge in [0.05, 0.1) is 6.10 Å². The lowest BCUT2D eigenvalue weighted by Crippen LogP contribution is -2.15. The first-order chi connectivity index (χ1) is 7.27. The highest BCUT2D eigenvalue weighted by atomic mass is 16.3. The standard InChI is InChI=1S/C14H20O/c1-11(13-5-3-2-4-6-13)14(15)10-9-12-7-8-12/h2-6,11-12,14-15H,7-10H2,1H3. The lowest BCUT2D eigenvalue weighted by molar-refractivity contribution is 0.135. The van der Waals surface area contributed by atoms with Gasteiger partial charge in [-0.15, -0.1) is 0 Å². The Morgan fingerprint density at radius 2 is 1.93 bits per heavy atom. The lowest BCUT2D eigenvalue weighted by Gasteiger charge is -2.19. The minimum absolute atomic E-state index is 0.173. The van der Waals surface area contributed by atoms with Gasteiger partial charge in [-0.2, -0.15) is 0 Å². The molecule has 0 heterocycles. The number of hydrogen-bond donors (Lipinski definition) is 1. The summed E-state index contributed by atoms with van der Waals surface area (Å²) in [4.78, 5) is 0. The number of aliphatic hydroxyl groups is 1. The maximum Gasteiger partial charge on any atom is 0.0606 e. The summed E-state index contributed by atoms with van der Waals surface area (Å²) in [5.41, 5.74) is 1.25. The van der Waals surface area contributed by atoms with Gasteiger partial charge in [0.1, 0.15) is 0 Å². The molecule has 1 aliphatic rings. The average molecular weight is 204 g/mol. The maximum atomic E-state index is 10.0. The third-order valence-electron chi connectivity index (χ3n) is 3.47. The molecule has 0 radical (unpaired) electrons. The molecule has 2 rings (SSSR count). The normalized spacial score (nSPS) is 19.9. The van der Waals surface area contributed by atoms with Crippen molar-refractivity contribution in [2.24, 2.45) is 5.92 Å². The molecule has 1 saturated carbocycles. The zero-order valence-corrected chi connectivity index (χ0v) is 9.39. The predicted octanol–water partition coefficient (Wildman–Crippen LogP) is 3.34. The van der Waals surface area contributed by atoms with E-state index in [-0.39, 0.29) is 12.0 Å². The Balaban J connectivity index is 1.85. The summed E-state index contributed by atoms with van der Waals surface area (Å²) < 4.78 is 0. The molecule has 0 bridgehead atoms. The van der Waals surface area contributed by atoms with Crippen molar-refractivity contribution in [3.05, 3.63) is 35.9 Å². The van der Waals surface area contributed by atoms with Crippen molar-refractivity contribution in [1.29, 1.82) is 0 Å². The van der Waals surface area contributed by atoms with Crippen LogP contribution in [0.1, 0.15) is 44.1 Å². The fraction of sp³-hybridized carbons (Fsp3) is 0.571. The summed E-state index contributed by atoms with van der Waals surface area (Å²) in [6.45, 7) is 2.12. The Hall–Kier alpha value is -0.820. The molecule has 82 valence electrons. The van der Waals surface area contributed by atoms with Crippen LogP contribution in [0.3, 0.4) is 0 Å². The average Bonchev–Trinajstić information content (AvgIpc) is 3.10. The molecule has 0 amide bonds. The van der Waals surface area contributed by atoms with Gasteiger partial charge in [-0.3, -0.25) is 0 Å². The molecule has 0 aliphatic heterocycles. The summed E-state index contributed by atoms with van der Waals surface area (Å²) in [5, 5.41) is 10.0. The Kier molecular flexibility index (Phi) is 3.42. The van der Waals surface area contributed by atoms with Crippen molar-refractivity contribution in [3.63, 3.8) is 0 Å². The van der Waals surface area contributed by atoms with E-state index in [1.165, 1.54) is 24.8 Å². The summed E-state index contributed by atoms with van der Waals surface area (Å²) in [7, 11) is 0. The quantitative estimate of drug-likeness (QED) is 0.780. The second-order valence-corrected chi connectivity index (χ2v) is 4.79. The van der Waals surface area contributed by atoms with Crippen LogP contribution in [-0.2, 0) is 0 Å². The predicted molar refractivity (Wildman–Crippen MR) is 62.8 cm³/mol. The largest absolute Gasteiger partial charge is 0.393 e. The van der Waals surface area contributed by atoms with Gasteiger partial charge in [-0.05, 0) is 24.3 Å². The summed E-state index contributed by atoms with van der Waals surface area (Å²) in [6, 6.07) is 10.3. The van der Waals surface area contributed by atoms with E-state index in [9.17, 15) is 5.11 Å². The molecule has 0 saturated heterocycles. The second-order valence-electron chi connectivity index (χ2n) is 4.79. The van der Waals surface area contributed by atoms with E-state index in [2.05, 4.69) is 19.1 Å². The highest BCUT2D eigenvalue weighted by Gasteiger charge is 2.24. The highest BCUT2D eigenvalue weighted by Crippen LogP contribution is 2.35. The van der Waals surface area contributed by atoms with E-state index < -0.39 is 0 Å². The molecule has 1 aliphatic carbocycles. The molecule has 1 aromatic carbocycles. The van der Waals surface area contributed by atoms with E-state index in [1.807, 2.05) is 18.2 Å². The molecular formula is C14H20O. The van der Waals surface area contributed by atoms with Gasteiger partial charge in [-0.1, -0.05) is 50.1 Å². The first kappa shape index (κ1) is 10.7. The Morgan fingerprint density at radius 1 is 1.27 bits per heavy atom. The molecule has 0 aromatic heterocycles. The molecule has 0 spiro atoms. The second kappa shape index (κ2) is 4.80. The molecule has 2 unspecified atom stereocenters. The zero-order chi connectivity index (χ0) is 10.7. The molecule has 1 heteroatoms. The van der Waals surface area contributed by atoms with Gasteiger partial charge in [0.15, 0.2) is 0 Å². The molecule has 1 aromatic rings. The summed E-state index contributed by atoms with van der Waals surface area (Å²) in [6.07, 6.45) is 4.76. The van der Waals surface area contributed by atoms with Crippen LogP contribution < -0.4 is 0 Å². The van der Waals surface area contributed by atoms with Gasteiger partial charge in [0, 0.05) is 5.92 Å². The third kappa shape index (κ3) is 3.07. The van der Waals surface area contributed by atoms with Gasteiger partial charge in [0.2, 0.25) is 0 Å². The van der Waals surface area contributed by atoms with E-state index in [1.54, 1.807) is 0 Å². The van der Waals surface area contributed by atoms with Crippen molar-refractivity contribution >= 4 is 0 Å². The van der Waals surface area contributed by atoms with Crippen LogP contribution in [0, 0.1) is 5.92 Å². The molecule has 1 nitrogen and oxygen atoms in total. The van der Waals surface area contributed by atoms with Crippen LogP contribution in [0.2, 0.25) is 0 Å². The number of rotatable bonds is 5. The summed E-state index contributed by atoms with van der Waals surface area (Å²) >= 11 is 0. The van der Waals surface area contributed by atoms with Crippen molar-refractivity contribution in [2.75, 3.05) is 0 Å². The Morgan fingerprint density at radius 3 is 2.53 bits per heavy atom. The van der Waals surface area contributed by atoms with Crippen molar-refractivity contribution in [2.45, 2.75) is 44.6 Å². The maximum absolute atomic E-state index is 10.0. The minimum Gasteiger partial charge on any atom is -0.393 e. The number of aliphatic hydroxyl groups excluding tert-OH is 1. The number of hydrogen-bond acceptors (Lipinski definition) is 1. The summed E-state index contributed by atoms with van der Waals surface area (Å²) in [5.74, 6) is 1.19. The molecule has 1 N–H and O–H groups in total. The van der Waals surface area contributed by atoms with E-state index in [0.717, 1.165) is 12.3 Å².